The third kappa shape index (κ3) is 2.40. The van der Waals surface area contributed by atoms with E-state index in [2.05, 4.69) is 0 Å². The van der Waals surface area contributed by atoms with Crippen LogP contribution in [0.1, 0.15) is 11.1 Å². The van der Waals surface area contributed by atoms with E-state index in [1.54, 1.807) is 31.2 Å². The number of rotatable bonds is 3. The van der Waals surface area contributed by atoms with Crippen molar-refractivity contribution in [2.24, 2.45) is 0 Å². The van der Waals surface area contributed by atoms with Crippen LogP contribution in [0.4, 0.5) is 5.69 Å². The monoisotopic (exact) mass is 193 g/mol. The average molecular weight is 193 g/mol. The van der Waals surface area contributed by atoms with Crippen LogP contribution in [0.25, 0.3) is 6.08 Å². The highest BCUT2D eigenvalue weighted by molar-refractivity contribution is 5.54. The third-order valence-corrected chi connectivity index (χ3v) is 1.83. The predicted molar refractivity (Wildman–Crippen MR) is 54.0 cm³/mol. The van der Waals surface area contributed by atoms with Gasteiger partial charge in [-0.3, -0.25) is 10.1 Å². The van der Waals surface area contributed by atoms with E-state index >= 15 is 0 Å². The molecule has 4 nitrogen and oxygen atoms in total. The van der Waals surface area contributed by atoms with Gasteiger partial charge in [-0.2, -0.15) is 0 Å². The van der Waals surface area contributed by atoms with E-state index in [9.17, 15) is 10.1 Å². The fourth-order valence-corrected chi connectivity index (χ4v) is 1.18. The highest BCUT2D eigenvalue weighted by atomic mass is 16.6. The van der Waals surface area contributed by atoms with Gasteiger partial charge in [0.25, 0.3) is 5.69 Å². The van der Waals surface area contributed by atoms with Crippen LogP contribution >= 0.6 is 0 Å². The van der Waals surface area contributed by atoms with E-state index < -0.39 is 4.92 Å². The lowest BCUT2D eigenvalue weighted by Crippen LogP contribution is -1.91. The first-order chi connectivity index (χ1) is 6.65. The molecule has 0 saturated heterocycles. The molecule has 1 aromatic rings. The molecule has 0 heterocycles. The minimum atomic E-state index is -0.408. The summed E-state index contributed by atoms with van der Waals surface area (Å²) in [6, 6.07) is 4.83. The molecule has 0 fully saturated rings. The van der Waals surface area contributed by atoms with Crippen molar-refractivity contribution in [1.29, 1.82) is 0 Å². The van der Waals surface area contributed by atoms with Crippen molar-refractivity contribution < 1.29 is 10.0 Å². The normalized spacial score (nSPS) is 10.7. The molecule has 0 aliphatic heterocycles. The second-order valence-electron chi connectivity index (χ2n) is 2.89. The second kappa shape index (κ2) is 4.53. The minimum absolute atomic E-state index is 0.0317. The van der Waals surface area contributed by atoms with Crippen LogP contribution in [0.3, 0.4) is 0 Å². The number of aryl methyl sites for hydroxylation is 1. The van der Waals surface area contributed by atoms with Crippen molar-refractivity contribution in [1.82, 2.24) is 0 Å². The lowest BCUT2D eigenvalue weighted by molar-refractivity contribution is -0.385. The number of hydrogen-bond donors (Lipinski definition) is 1. The first-order valence-corrected chi connectivity index (χ1v) is 4.17. The standard InChI is InChI=1S/C10H11NO3/c1-8-7-9(3-2-6-12)4-5-10(8)11(13)14/h2-5,7,12H,6H2,1H3/b3-2+. The average Bonchev–Trinajstić information content (AvgIpc) is 2.14. The zero-order chi connectivity index (χ0) is 10.6. The molecule has 0 unspecified atom stereocenters. The van der Waals surface area contributed by atoms with Crippen LogP contribution in [-0.2, 0) is 0 Å². The van der Waals surface area contributed by atoms with E-state index in [-0.39, 0.29) is 12.3 Å². The zero-order valence-corrected chi connectivity index (χ0v) is 7.80. The molecule has 1 rings (SSSR count). The summed E-state index contributed by atoms with van der Waals surface area (Å²) in [5.74, 6) is 0. The molecule has 0 aliphatic carbocycles. The Balaban J connectivity index is 3.00. The molecule has 0 aliphatic rings. The smallest absolute Gasteiger partial charge is 0.272 e. The Labute approximate surface area is 81.6 Å². The Kier molecular flexibility index (Phi) is 3.36. The quantitative estimate of drug-likeness (QED) is 0.589. The summed E-state index contributed by atoms with van der Waals surface area (Å²) in [6.45, 7) is 1.66. The Bertz CT molecular complexity index is 372. The Morgan fingerprint density at radius 3 is 2.79 bits per heavy atom. The van der Waals surface area contributed by atoms with Gasteiger partial charge in [0.1, 0.15) is 0 Å². The van der Waals surface area contributed by atoms with Crippen LogP contribution in [0.15, 0.2) is 24.3 Å². The summed E-state index contributed by atoms with van der Waals surface area (Å²) in [4.78, 5) is 10.1. The summed E-state index contributed by atoms with van der Waals surface area (Å²) in [5.41, 5.74) is 1.59. The number of nitro groups is 1. The van der Waals surface area contributed by atoms with Crippen molar-refractivity contribution in [2.45, 2.75) is 6.92 Å². The van der Waals surface area contributed by atoms with Gasteiger partial charge in [0.2, 0.25) is 0 Å². The topological polar surface area (TPSA) is 63.4 Å². The van der Waals surface area contributed by atoms with Gasteiger partial charge in [0, 0.05) is 11.6 Å². The fourth-order valence-electron chi connectivity index (χ4n) is 1.18. The number of nitro benzene ring substituents is 1. The van der Waals surface area contributed by atoms with E-state index in [0.717, 1.165) is 5.56 Å². The lowest BCUT2D eigenvalue weighted by Gasteiger charge is -1.98. The molecule has 0 aromatic heterocycles. The Morgan fingerprint density at radius 1 is 1.57 bits per heavy atom. The minimum Gasteiger partial charge on any atom is -0.392 e. The second-order valence-corrected chi connectivity index (χ2v) is 2.89. The SMILES string of the molecule is Cc1cc(/C=C/CO)ccc1[N+](=O)[O-]. The van der Waals surface area contributed by atoms with Gasteiger partial charge >= 0.3 is 0 Å². The van der Waals surface area contributed by atoms with Crippen molar-refractivity contribution in [3.63, 3.8) is 0 Å². The van der Waals surface area contributed by atoms with E-state index in [1.165, 1.54) is 6.07 Å². The largest absolute Gasteiger partial charge is 0.392 e. The highest BCUT2D eigenvalue weighted by Crippen LogP contribution is 2.19. The third-order valence-electron chi connectivity index (χ3n) is 1.83. The maximum atomic E-state index is 10.5. The van der Waals surface area contributed by atoms with E-state index in [4.69, 9.17) is 5.11 Å². The van der Waals surface area contributed by atoms with Crippen LogP contribution in [0, 0.1) is 17.0 Å². The molecule has 1 N–H and O–H groups in total. The van der Waals surface area contributed by atoms with Crippen molar-refractivity contribution >= 4 is 11.8 Å². The first kappa shape index (κ1) is 10.4. The van der Waals surface area contributed by atoms with Gasteiger partial charge in [0.05, 0.1) is 11.5 Å². The number of nitrogens with zero attached hydrogens (tertiary/aromatic N) is 1. The molecular weight excluding hydrogens is 182 g/mol. The molecule has 0 amide bonds. The molecule has 0 atom stereocenters. The van der Waals surface area contributed by atoms with Gasteiger partial charge in [-0.15, -0.1) is 0 Å². The molecule has 4 heteroatoms. The number of aliphatic hydroxyl groups excluding tert-OH is 1. The van der Waals surface area contributed by atoms with E-state index in [0.29, 0.717) is 5.56 Å². The molecule has 0 spiro atoms. The lowest BCUT2D eigenvalue weighted by atomic mass is 10.1. The van der Waals surface area contributed by atoms with Crippen molar-refractivity contribution in [2.75, 3.05) is 6.61 Å². The van der Waals surface area contributed by atoms with Gasteiger partial charge in [-0.1, -0.05) is 12.2 Å². The van der Waals surface area contributed by atoms with Crippen LogP contribution < -0.4 is 0 Å². The van der Waals surface area contributed by atoms with Crippen LogP contribution in [0.5, 0.6) is 0 Å². The predicted octanol–water partition coefficient (Wildman–Crippen LogP) is 1.91. The molecule has 0 radical (unpaired) electrons. The summed E-state index contributed by atoms with van der Waals surface area (Å²) in [6.07, 6.45) is 3.30. The number of benzene rings is 1. The Morgan fingerprint density at radius 2 is 2.29 bits per heavy atom. The van der Waals surface area contributed by atoms with Gasteiger partial charge in [-0.05, 0) is 24.6 Å². The maximum absolute atomic E-state index is 10.5. The first-order valence-electron chi connectivity index (χ1n) is 4.17. The molecule has 14 heavy (non-hydrogen) atoms. The molecular formula is C10H11NO3. The Hall–Kier alpha value is -1.68. The molecule has 1 aromatic carbocycles. The highest BCUT2D eigenvalue weighted by Gasteiger charge is 2.08. The molecule has 0 saturated carbocycles. The van der Waals surface area contributed by atoms with Gasteiger partial charge < -0.3 is 5.11 Å². The summed E-state index contributed by atoms with van der Waals surface area (Å²) in [7, 11) is 0. The van der Waals surface area contributed by atoms with Gasteiger partial charge in [0.15, 0.2) is 0 Å². The van der Waals surface area contributed by atoms with Crippen molar-refractivity contribution in [3.8, 4) is 0 Å². The van der Waals surface area contributed by atoms with Crippen LogP contribution in [0.2, 0.25) is 0 Å². The summed E-state index contributed by atoms with van der Waals surface area (Å²) < 4.78 is 0. The maximum Gasteiger partial charge on any atom is 0.272 e. The van der Waals surface area contributed by atoms with E-state index in [1.807, 2.05) is 0 Å². The fraction of sp³-hybridized carbons (Fsp3) is 0.200. The summed E-state index contributed by atoms with van der Waals surface area (Å²) in [5, 5.41) is 19.0. The summed E-state index contributed by atoms with van der Waals surface area (Å²) >= 11 is 0. The number of aliphatic hydroxyl groups is 1. The van der Waals surface area contributed by atoms with Crippen LogP contribution in [-0.4, -0.2) is 16.6 Å². The van der Waals surface area contributed by atoms with Gasteiger partial charge in [-0.25, -0.2) is 0 Å². The molecule has 0 bridgehead atoms. The molecule has 74 valence electrons. The zero-order valence-electron chi connectivity index (χ0n) is 7.80. The van der Waals surface area contributed by atoms with Crippen molar-refractivity contribution in [3.05, 3.63) is 45.5 Å². The number of hydrogen-bond acceptors (Lipinski definition) is 3.